The lowest BCUT2D eigenvalue weighted by molar-refractivity contribution is -0.137. The molecule has 0 saturated carbocycles. The van der Waals surface area contributed by atoms with Gasteiger partial charge < -0.3 is 15.2 Å². The Morgan fingerprint density at radius 1 is 0.833 bits per heavy atom. The van der Waals surface area contributed by atoms with Crippen molar-refractivity contribution in [3.63, 3.8) is 0 Å². The summed E-state index contributed by atoms with van der Waals surface area (Å²) in [5, 5.41) is 1.27. The maximum atomic E-state index is 12.9. The number of halogens is 5. The molecule has 1 aliphatic heterocycles. The quantitative estimate of drug-likeness (QED) is 0.266. The second-order valence-corrected chi connectivity index (χ2v) is 9.60. The van der Waals surface area contributed by atoms with E-state index in [2.05, 4.69) is 33.9 Å². The summed E-state index contributed by atoms with van der Waals surface area (Å²) in [6.07, 6.45) is 6.46. The maximum absolute atomic E-state index is 12.9. The number of likely N-dealkylation sites (tertiary alicyclic amines) is 1. The third-order valence-corrected chi connectivity index (χ3v) is 7.16. The Morgan fingerprint density at radius 2 is 1.47 bits per heavy atom. The van der Waals surface area contributed by atoms with Gasteiger partial charge in [0.15, 0.2) is 0 Å². The molecule has 0 atom stereocenters. The minimum atomic E-state index is -4.30. The van der Waals surface area contributed by atoms with Crippen LogP contribution in [0.1, 0.15) is 67.6 Å². The first-order valence-electron chi connectivity index (χ1n) is 12.6. The van der Waals surface area contributed by atoms with Gasteiger partial charge in [0.2, 0.25) is 0 Å². The fraction of sp³-hybridized carbons (Fsp3) is 0.500. The Hall–Kier alpha value is -1.73. The van der Waals surface area contributed by atoms with Crippen molar-refractivity contribution in [3.05, 3.63) is 71.4 Å². The zero-order valence-corrected chi connectivity index (χ0v) is 22.3. The number of hydrogen-bond acceptors (Lipinski definition) is 2. The summed E-state index contributed by atoms with van der Waals surface area (Å²) < 4.78 is 40.9. The van der Waals surface area contributed by atoms with Crippen LogP contribution in [0.25, 0.3) is 10.9 Å². The van der Waals surface area contributed by atoms with E-state index >= 15 is 0 Å². The molecule has 1 aromatic heterocycles. The highest BCUT2D eigenvalue weighted by Gasteiger charge is 2.30. The van der Waals surface area contributed by atoms with Crippen molar-refractivity contribution in [2.75, 3.05) is 26.2 Å². The third-order valence-electron chi connectivity index (χ3n) is 7.16. The zero-order valence-electron chi connectivity index (χ0n) is 20.7. The highest BCUT2D eigenvalue weighted by molar-refractivity contribution is 5.86. The summed E-state index contributed by atoms with van der Waals surface area (Å²) >= 11 is 0. The predicted molar refractivity (Wildman–Crippen MR) is 148 cm³/mol. The SMILES string of the molecule is Cl.Cl.NCCCCCCCN1CCC(c2cn(Cc3ccc(C(F)(F)F)cc3)c3ccccc23)CC1. The number of nitrogens with zero attached hydrogens (tertiary/aromatic N) is 2. The molecule has 2 aromatic carbocycles. The minimum Gasteiger partial charge on any atom is -0.343 e. The van der Waals surface area contributed by atoms with E-state index in [0.717, 1.165) is 50.0 Å². The molecule has 2 N–H and O–H groups in total. The van der Waals surface area contributed by atoms with Gasteiger partial charge in [-0.1, -0.05) is 49.6 Å². The Kier molecular flexibility index (Phi) is 12.1. The number of nitrogens with two attached hydrogens (primary N) is 1. The van der Waals surface area contributed by atoms with E-state index in [0.29, 0.717) is 12.5 Å². The second-order valence-electron chi connectivity index (χ2n) is 9.60. The molecule has 3 nitrogen and oxygen atoms in total. The largest absolute Gasteiger partial charge is 0.416 e. The third kappa shape index (κ3) is 7.88. The lowest BCUT2D eigenvalue weighted by atomic mass is 9.89. The average Bonchev–Trinajstić information content (AvgIpc) is 3.20. The van der Waals surface area contributed by atoms with Crippen LogP contribution in [-0.4, -0.2) is 35.6 Å². The summed E-state index contributed by atoms with van der Waals surface area (Å²) in [5.74, 6) is 0.527. The molecule has 200 valence electrons. The highest BCUT2D eigenvalue weighted by atomic mass is 35.5. The number of fused-ring (bicyclic) bond motifs is 1. The summed E-state index contributed by atoms with van der Waals surface area (Å²) in [5.41, 5.74) is 8.37. The van der Waals surface area contributed by atoms with E-state index in [1.165, 1.54) is 55.3 Å². The number of para-hydroxylation sites is 1. The normalized spacial score (nSPS) is 15.0. The van der Waals surface area contributed by atoms with Crippen LogP contribution >= 0.6 is 24.8 Å². The second kappa shape index (κ2) is 14.3. The maximum Gasteiger partial charge on any atom is 0.416 e. The minimum absolute atomic E-state index is 0. The molecular weight excluding hydrogens is 506 g/mol. The zero-order chi connectivity index (χ0) is 24.0. The number of hydrogen-bond donors (Lipinski definition) is 1. The van der Waals surface area contributed by atoms with E-state index in [1.54, 1.807) is 12.1 Å². The highest BCUT2D eigenvalue weighted by Crippen LogP contribution is 2.35. The molecule has 2 heterocycles. The molecular formula is C28H38Cl2F3N3. The van der Waals surface area contributed by atoms with Gasteiger partial charge in [0.05, 0.1) is 5.56 Å². The van der Waals surface area contributed by atoms with Crippen LogP contribution in [0.2, 0.25) is 0 Å². The molecule has 0 radical (unpaired) electrons. The first-order valence-corrected chi connectivity index (χ1v) is 12.6. The van der Waals surface area contributed by atoms with Crippen molar-refractivity contribution in [3.8, 4) is 0 Å². The molecule has 1 fully saturated rings. The molecule has 4 rings (SSSR count). The van der Waals surface area contributed by atoms with Gasteiger partial charge in [-0.15, -0.1) is 24.8 Å². The van der Waals surface area contributed by atoms with Gasteiger partial charge in [0.25, 0.3) is 0 Å². The van der Waals surface area contributed by atoms with E-state index in [1.807, 2.05) is 6.07 Å². The van der Waals surface area contributed by atoms with Crippen molar-refractivity contribution in [1.29, 1.82) is 0 Å². The van der Waals surface area contributed by atoms with Gasteiger partial charge in [0.1, 0.15) is 0 Å². The van der Waals surface area contributed by atoms with Gasteiger partial charge in [-0.2, -0.15) is 13.2 Å². The molecule has 1 saturated heterocycles. The van der Waals surface area contributed by atoms with Crippen LogP contribution in [0.5, 0.6) is 0 Å². The van der Waals surface area contributed by atoms with Gasteiger partial charge in [-0.25, -0.2) is 0 Å². The lowest BCUT2D eigenvalue weighted by Crippen LogP contribution is -2.33. The number of benzene rings is 2. The Balaban J connectivity index is 0.00000228. The molecule has 1 aliphatic rings. The van der Waals surface area contributed by atoms with Crippen molar-refractivity contribution >= 4 is 35.7 Å². The van der Waals surface area contributed by atoms with Crippen LogP contribution in [0.3, 0.4) is 0 Å². The smallest absolute Gasteiger partial charge is 0.343 e. The summed E-state index contributed by atoms with van der Waals surface area (Å²) in [6, 6.07) is 13.9. The van der Waals surface area contributed by atoms with E-state index < -0.39 is 11.7 Å². The molecule has 3 aromatic rings. The van der Waals surface area contributed by atoms with Crippen molar-refractivity contribution in [2.45, 2.75) is 63.6 Å². The molecule has 0 amide bonds. The lowest BCUT2D eigenvalue weighted by Gasteiger charge is -2.32. The fourth-order valence-electron chi connectivity index (χ4n) is 5.20. The Labute approximate surface area is 225 Å². The van der Waals surface area contributed by atoms with E-state index in [-0.39, 0.29) is 24.8 Å². The van der Waals surface area contributed by atoms with Crippen LogP contribution < -0.4 is 5.73 Å². The molecule has 36 heavy (non-hydrogen) atoms. The number of piperidine rings is 1. The molecule has 0 aliphatic carbocycles. The van der Waals surface area contributed by atoms with Crippen molar-refractivity contribution < 1.29 is 13.2 Å². The standard InChI is InChI=1S/C28H36F3N3.2ClH/c29-28(30,31)24-12-10-22(11-13-24)20-34-21-26(25-8-4-5-9-27(25)34)23-14-18-33(19-15-23)17-7-3-1-2-6-16-32;;/h4-5,8-13,21,23H,1-3,6-7,14-20,32H2;2*1H. The average molecular weight is 545 g/mol. The molecule has 8 heteroatoms. The number of aromatic nitrogens is 1. The van der Waals surface area contributed by atoms with Crippen LogP contribution in [0.4, 0.5) is 13.2 Å². The molecule has 0 bridgehead atoms. The predicted octanol–water partition coefficient (Wildman–Crippen LogP) is 7.64. The Morgan fingerprint density at radius 3 is 2.14 bits per heavy atom. The van der Waals surface area contributed by atoms with Crippen LogP contribution in [0, 0.1) is 0 Å². The first-order chi connectivity index (χ1) is 16.5. The van der Waals surface area contributed by atoms with Crippen molar-refractivity contribution in [2.24, 2.45) is 5.73 Å². The van der Waals surface area contributed by atoms with Gasteiger partial charge in [-0.3, -0.25) is 0 Å². The van der Waals surface area contributed by atoms with E-state index in [4.69, 9.17) is 5.73 Å². The molecule has 0 spiro atoms. The topological polar surface area (TPSA) is 34.2 Å². The number of unbranched alkanes of at least 4 members (excludes halogenated alkanes) is 4. The fourth-order valence-corrected chi connectivity index (χ4v) is 5.20. The summed E-state index contributed by atoms with van der Waals surface area (Å²) in [6.45, 7) is 4.82. The van der Waals surface area contributed by atoms with E-state index in [9.17, 15) is 13.2 Å². The van der Waals surface area contributed by atoms with Gasteiger partial charge in [-0.05, 0) is 87.1 Å². The summed E-state index contributed by atoms with van der Waals surface area (Å²) in [4.78, 5) is 2.60. The number of alkyl halides is 3. The first kappa shape index (κ1) is 30.5. The number of rotatable bonds is 10. The van der Waals surface area contributed by atoms with Gasteiger partial charge in [0, 0.05) is 23.6 Å². The van der Waals surface area contributed by atoms with Crippen molar-refractivity contribution in [1.82, 2.24) is 9.47 Å². The molecule has 0 unspecified atom stereocenters. The monoisotopic (exact) mass is 543 g/mol. The summed E-state index contributed by atoms with van der Waals surface area (Å²) in [7, 11) is 0. The van der Waals surface area contributed by atoms with Crippen LogP contribution in [0.15, 0.2) is 54.7 Å². The van der Waals surface area contributed by atoms with Gasteiger partial charge >= 0.3 is 6.18 Å². The Bertz CT molecular complexity index is 1040. The van der Waals surface area contributed by atoms with Crippen LogP contribution in [-0.2, 0) is 12.7 Å².